The Morgan fingerprint density at radius 1 is 0.293 bits per heavy atom. The highest BCUT2D eigenvalue weighted by Gasteiger charge is 2.30. The van der Waals surface area contributed by atoms with E-state index in [0.29, 0.717) is 31.6 Å². The van der Waals surface area contributed by atoms with Crippen molar-refractivity contribution >= 4 is 39.5 Å². The number of ether oxygens (including phenoxy) is 4. The van der Waals surface area contributed by atoms with Gasteiger partial charge in [0.05, 0.1) is 26.4 Å². The molecule has 3 N–H and O–H groups in total. The average molecular weight is 1350 g/mol. The Labute approximate surface area is 562 Å². The maximum atomic E-state index is 13.1. The highest BCUT2D eigenvalue weighted by molar-refractivity contribution is 7.47. The molecule has 0 saturated heterocycles. The van der Waals surface area contributed by atoms with E-state index < -0.39 is 97.5 Å². The van der Waals surface area contributed by atoms with Crippen molar-refractivity contribution in [3.8, 4) is 0 Å². The fourth-order valence-electron chi connectivity index (χ4n) is 11.2. The van der Waals surface area contributed by atoms with E-state index in [0.717, 1.165) is 89.9 Å². The molecule has 0 heterocycles. The van der Waals surface area contributed by atoms with Crippen LogP contribution >= 0.6 is 15.6 Å². The van der Waals surface area contributed by atoms with Crippen LogP contribution in [-0.2, 0) is 65.4 Å². The summed E-state index contributed by atoms with van der Waals surface area (Å²) < 4.78 is 68.4. The van der Waals surface area contributed by atoms with E-state index in [2.05, 4.69) is 34.6 Å². The molecule has 0 aliphatic rings. The molecule has 17 nitrogen and oxygen atoms in total. The lowest BCUT2D eigenvalue weighted by Crippen LogP contribution is -2.30. The molecule has 0 aromatic carbocycles. The Hall–Kier alpha value is -1.94. The summed E-state index contributed by atoms with van der Waals surface area (Å²) in [6.45, 7) is 7.20. The number of phosphoric ester groups is 2. The van der Waals surface area contributed by atoms with Gasteiger partial charge >= 0.3 is 39.5 Å². The number of rotatable bonds is 73. The highest BCUT2D eigenvalue weighted by atomic mass is 31.2. The van der Waals surface area contributed by atoms with Crippen LogP contribution in [0.5, 0.6) is 0 Å². The second kappa shape index (κ2) is 66.3. The van der Waals surface area contributed by atoms with E-state index in [1.54, 1.807) is 0 Å². The SMILES string of the molecule is CCCCCCCCCCCCCCCCCCCCCC(=O)O[C@H](COC(=O)CCCCCCCCCCCCCCC)COP(=O)(O)OC[C@@H](O)COP(=O)(O)OC[C@@H](COC(=O)CCCCCCCCCCCC)OC(=O)CCCCCCCCCC(C)C. The first-order valence-corrected chi connectivity index (χ1v) is 41.1. The normalized spacial score (nSPS) is 14.0. The zero-order valence-corrected chi connectivity index (χ0v) is 61.5. The summed E-state index contributed by atoms with van der Waals surface area (Å²) in [6.07, 6.45) is 54.2. The zero-order chi connectivity index (χ0) is 67.7. The molecule has 0 rings (SSSR count). The summed E-state index contributed by atoms with van der Waals surface area (Å²) in [5.41, 5.74) is 0. The number of phosphoric acid groups is 2. The third-order valence-electron chi connectivity index (χ3n) is 17.0. The molecule has 0 amide bonds. The van der Waals surface area contributed by atoms with Gasteiger partial charge in [-0.3, -0.25) is 37.3 Å². The Bertz CT molecular complexity index is 1770. The highest BCUT2D eigenvalue weighted by Crippen LogP contribution is 2.45. The fourth-order valence-corrected chi connectivity index (χ4v) is 12.8. The van der Waals surface area contributed by atoms with Crippen molar-refractivity contribution in [1.82, 2.24) is 0 Å². The molecular weight excluding hydrogens is 1210 g/mol. The number of aliphatic hydroxyl groups excluding tert-OH is 1. The van der Waals surface area contributed by atoms with Gasteiger partial charge in [-0.25, -0.2) is 9.13 Å². The molecule has 5 atom stereocenters. The first kappa shape index (κ1) is 90.1. The van der Waals surface area contributed by atoms with Crippen molar-refractivity contribution in [2.24, 2.45) is 5.92 Å². The maximum absolute atomic E-state index is 13.1. The largest absolute Gasteiger partial charge is 0.472 e. The van der Waals surface area contributed by atoms with Crippen LogP contribution in [0.1, 0.15) is 381 Å². The van der Waals surface area contributed by atoms with Crippen LogP contribution in [0.3, 0.4) is 0 Å². The molecule has 0 saturated carbocycles. The van der Waals surface area contributed by atoms with E-state index in [-0.39, 0.29) is 25.7 Å². The summed E-state index contributed by atoms with van der Waals surface area (Å²) in [5, 5.41) is 10.6. The number of aliphatic hydroxyl groups is 1. The number of carbonyl (C=O) groups is 4. The summed E-state index contributed by atoms with van der Waals surface area (Å²) in [6, 6.07) is 0. The van der Waals surface area contributed by atoms with E-state index in [4.69, 9.17) is 37.0 Å². The van der Waals surface area contributed by atoms with Gasteiger partial charge < -0.3 is 33.8 Å². The van der Waals surface area contributed by atoms with Crippen LogP contribution < -0.4 is 0 Å². The quantitative estimate of drug-likeness (QED) is 0.0222. The van der Waals surface area contributed by atoms with Gasteiger partial charge in [0.2, 0.25) is 0 Å². The second-order valence-electron chi connectivity index (χ2n) is 26.8. The predicted octanol–water partition coefficient (Wildman–Crippen LogP) is 21.3. The topological polar surface area (TPSA) is 237 Å². The third-order valence-corrected chi connectivity index (χ3v) is 18.9. The molecule has 0 spiro atoms. The van der Waals surface area contributed by atoms with Gasteiger partial charge in [-0.2, -0.15) is 0 Å². The number of unbranched alkanes of at least 4 members (excludes halogenated alkanes) is 45. The summed E-state index contributed by atoms with van der Waals surface area (Å²) in [4.78, 5) is 72.6. The molecule has 0 aromatic heterocycles. The number of hydrogen-bond acceptors (Lipinski definition) is 15. The Balaban J connectivity index is 5.20. The minimum Gasteiger partial charge on any atom is -0.462 e. The number of carbonyl (C=O) groups excluding carboxylic acids is 4. The average Bonchev–Trinajstić information content (AvgIpc) is 1.97. The van der Waals surface area contributed by atoms with Gasteiger partial charge in [0.1, 0.15) is 19.3 Å². The van der Waals surface area contributed by atoms with Crippen LogP contribution in [0.2, 0.25) is 0 Å². The minimum absolute atomic E-state index is 0.104. The molecule has 0 aliphatic heterocycles. The molecular formula is C73H142O17P2. The molecule has 0 aliphatic carbocycles. The molecule has 0 bridgehead atoms. The predicted molar refractivity (Wildman–Crippen MR) is 372 cm³/mol. The third kappa shape index (κ3) is 66.7. The smallest absolute Gasteiger partial charge is 0.462 e. The molecule has 0 aromatic rings. The monoisotopic (exact) mass is 1350 g/mol. The van der Waals surface area contributed by atoms with Gasteiger partial charge in [0.25, 0.3) is 0 Å². The van der Waals surface area contributed by atoms with Crippen LogP contribution in [-0.4, -0.2) is 96.7 Å². The second-order valence-corrected chi connectivity index (χ2v) is 29.7. The minimum atomic E-state index is -4.95. The lowest BCUT2D eigenvalue weighted by Gasteiger charge is -2.21. The number of hydrogen-bond donors (Lipinski definition) is 3. The van der Waals surface area contributed by atoms with Gasteiger partial charge in [0.15, 0.2) is 12.2 Å². The summed E-state index contributed by atoms with van der Waals surface area (Å²) in [7, 11) is -9.90. The van der Waals surface area contributed by atoms with Gasteiger partial charge in [-0.1, -0.05) is 330 Å². The molecule has 0 radical (unpaired) electrons. The Morgan fingerprint density at radius 2 is 0.500 bits per heavy atom. The van der Waals surface area contributed by atoms with Crippen molar-refractivity contribution in [3.05, 3.63) is 0 Å². The Kier molecular flexibility index (Phi) is 64.9. The lowest BCUT2D eigenvalue weighted by molar-refractivity contribution is -0.161. The van der Waals surface area contributed by atoms with Gasteiger partial charge in [0, 0.05) is 25.7 Å². The summed E-state index contributed by atoms with van der Waals surface area (Å²) in [5.74, 6) is -1.42. The Morgan fingerprint density at radius 3 is 0.739 bits per heavy atom. The van der Waals surface area contributed by atoms with Crippen molar-refractivity contribution in [2.75, 3.05) is 39.6 Å². The lowest BCUT2D eigenvalue weighted by atomic mass is 10.0. The van der Waals surface area contributed by atoms with E-state index in [1.165, 1.54) is 205 Å². The first-order valence-electron chi connectivity index (χ1n) is 38.1. The van der Waals surface area contributed by atoms with Crippen LogP contribution in [0.4, 0.5) is 0 Å². The van der Waals surface area contributed by atoms with Gasteiger partial charge in [-0.15, -0.1) is 0 Å². The molecule has 92 heavy (non-hydrogen) atoms. The fraction of sp³-hybridized carbons (Fsp3) is 0.945. The van der Waals surface area contributed by atoms with Crippen molar-refractivity contribution in [1.29, 1.82) is 0 Å². The molecule has 0 fully saturated rings. The van der Waals surface area contributed by atoms with E-state index in [1.807, 2.05) is 0 Å². The van der Waals surface area contributed by atoms with Crippen LogP contribution in [0.25, 0.3) is 0 Å². The molecule has 546 valence electrons. The molecule has 19 heteroatoms. The van der Waals surface area contributed by atoms with Crippen molar-refractivity contribution in [2.45, 2.75) is 400 Å². The standard InChI is InChI=1S/C73H142O17P2/c1-6-9-12-15-18-21-24-26-27-28-29-30-31-33-35-38-43-48-53-58-72(77)89-68(62-84-71(76)57-52-47-42-37-34-32-25-22-19-16-13-10-7-2)64-87-91(79,80)85-60-67(74)61-86-92(81,82)88-65-69(90-73(78)59-54-49-44-39-40-45-50-55-66(4)5)63-83-70(75)56-51-46-41-36-23-20-17-14-11-8-3/h66-69,74H,6-65H2,1-5H3,(H,79,80)(H,81,82)/t67-,68-,69-/m1/s1. The maximum Gasteiger partial charge on any atom is 0.472 e. The first-order chi connectivity index (χ1) is 44.5. The number of esters is 4. The van der Waals surface area contributed by atoms with Crippen molar-refractivity contribution < 1.29 is 80.2 Å². The summed E-state index contributed by atoms with van der Waals surface area (Å²) >= 11 is 0. The van der Waals surface area contributed by atoms with Gasteiger partial charge in [-0.05, 0) is 31.6 Å². The van der Waals surface area contributed by atoms with Crippen LogP contribution in [0, 0.1) is 5.92 Å². The zero-order valence-electron chi connectivity index (χ0n) is 59.7. The van der Waals surface area contributed by atoms with E-state index >= 15 is 0 Å². The van der Waals surface area contributed by atoms with Crippen molar-refractivity contribution in [3.63, 3.8) is 0 Å². The van der Waals surface area contributed by atoms with E-state index in [9.17, 15) is 43.2 Å². The van der Waals surface area contributed by atoms with Crippen LogP contribution in [0.15, 0.2) is 0 Å². The molecule has 2 unspecified atom stereocenters.